The summed E-state index contributed by atoms with van der Waals surface area (Å²) in [4.78, 5) is 24.7. The average Bonchev–Trinajstić information content (AvgIpc) is 3.18. The normalized spacial score (nSPS) is 27.3. The molecule has 3 aliphatic rings. The van der Waals surface area contributed by atoms with Crippen molar-refractivity contribution in [1.82, 2.24) is 25.1 Å². The topological polar surface area (TPSA) is 75.9 Å². The van der Waals surface area contributed by atoms with Crippen molar-refractivity contribution >= 4 is 11.7 Å². The lowest BCUT2D eigenvalue weighted by Crippen LogP contribution is -2.38. The van der Waals surface area contributed by atoms with E-state index in [2.05, 4.69) is 22.1 Å². The van der Waals surface area contributed by atoms with Crippen molar-refractivity contribution in [3.8, 4) is 11.4 Å². The zero-order chi connectivity index (χ0) is 20.0. The maximum absolute atomic E-state index is 12.9. The maximum atomic E-state index is 12.9. The second-order valence-corrected chi connectivity index (χ2v) is 8.85. The Bertz CT molecular complexity index is 937. The van der Waals surface area contributed by atoms with Crippen LogP contribution < -0.4 is 10.2 Å². The highest BCUT2D eigenvalue weighted by Gasteiger charge is 2.49. The first-order valence-corrected chi connectivity index (χ1v) is 11.0. The Kier molecular flexibility index (Phi) is 4.65. The van der Waals surface area contributed by atoms with Gasteiger partial charge in [-0.2, -0.15) is 5.10 Å². The number of carbonyl (C=O) groups is 1. The minimum Gasteiger partial charge on any atom is -0.337 e. The SMILES string of the molecule is C[C@H]1CNCCCN1c1nccc(-c2nn(C)c3c2CCC32CCCCC2=O)n1. The number of ketones is 1. The smallest absolute Gasteiger partial charge is 0.226 e. The van der Waals surface area contributed by atoms with Crippen LogP contribution in [-0.2, 0) is 23.7 Å². The number of Topliss-reactive ketones (excluding diaryl/α,β-unsaturated/α-hetero) is 1. The fraction of sp³-hybridized carbons (Fsp3) is 0.636. The highest BCUT2D eigenvalue weighted by atomic mass is 16.1. The van der Waals surface area contributed by atoms with Gasteiger partial charge in [-0.25, -0.2) is 9.97 Å². The monoisotopic (exact) mass is 394 g/mol. The minimum atomic E-state index is -0.311. The summed E-state index contributed by atoms with van der Waals surface area (Å²) in [5.41, 5.74) is 3.86. The molecule has 1 spiro atoms. The first-order valence-electron chi connectivity index (χ1n) is 11.0. The van der Waals surface area contributed by atoms with Crippen LogP contribution in [0.3, 0.4) is 0 Å². The van der Waals surface area contributed by atoms with E-state index in [-0.39, 0.29) is 5.41 Å². The van der Waals surface area contributed by atoms with Gasteiger partial charge in [0, 0.05) is 44.4 Å². The molecular formula is C22H30N6O. The summed E-state index contributed by atoms with van der Waals surface area (Å²) in [6, 6.07) is 2.31. The van der Waals surface area contributed by atoms with Gasteiger partial charge in [-0.05, 0) is 51.6 Å². The van der Waals surface area contributed by atoms with Gasteiger partial charge in [0.2, 0.25) is 5.95 Å². The lowest BCUT2D eigenvalue weighted by molar-refractivity contribution is -0.126. The van der Waals surface area contributed by atoms with Crippen molar-refractivity contribution in [3.05, 3.63) is 23.5 Å². The molecule has 2 aromatic heterocycles. The molecule has 7 nitrogen and oxygen atoms in total. The van der Waals surface area contributed by atoms with E-state index in [4.69, 9.17) is 10.1 Å². The summed E-state index contributed by atoms with van der Waals surface area (Å²) in [5, 5.41) is 8.33. The molecule has 2 aromatic rings. The third-order valence-corrected chi connectivity index (χ3v) is 7.06. The lowest BCUT2D eigenvalue weighted by Gasteiger charge is -2.32. The molecule has 2 atom stereocenters. The van der Waals surface area contributed by atoms with Gasteiger partial charge in [0.15, 0.2) is 0 Å². The molecule has 0 amide bonds. The largest absolute Gasteiger partial charge is 0.337 e. The van der Waals surface area contributed by atoms with Gasteiger partial charge in [-0.3, -0.25) is 9.48 Å². The summed E-state index contributed by atoms with van der Waals surface area (Å²) >= 11 is 0. The molecule has 0 bridgehead atoms. The van der Waals surface area contributed by atoms with E-state index in [0.29, 0.717) is 18.2 Å². The Labute approximate surface area is 171 Å². The van der Waals surface area contributed by atoms with Gasteiger partial charge in [-0.1, -0.05) is 6.42 Å². The summed E-state index contributed by atoms with van der Waals surface area (Å²) in [6.07, 6.45) is 8.59. The van der Waals surface area contributed by atoms with Crippen LogP contribution in [0, 0.1) is 0 Å². The molecule has 1 N–H and O–H groups in total. The molecular weight excluding hydrogens is 364 g/mol. The van der Waals surface area contributed by atoms with Crippen molar-refractivity contribution in [3.63, 3.8) is 0 Å². The van der Waals surface area contributed by atoms with Crippen LogP contribution in [-0.4, -0.2) is 51.2 Å². The van der Waals surface area contributed by atoms with Gasteiger partial charge >= 0.3 is 0 Å². The van der Waals surface area contributed by atoms with Crippen molar-refractivity contribution in [1.29, 1.82) is 0 Å². The number of nitrogens with zero attached hydrogens (tertiary/aromatic N) is 5. The van der Waals surface area contributed by atoms with Gasteiger partial charge in [0.1, 0.15) is 11.5 Å². The van der Waals surface area contributed by atoms with Crippen molar-refractivity contribution in [2.45, 2.75) is 63.3 Å². The third-order valence-electron chi connectivity index (χ3n) is 7.06. The predicted molar refractivity (Wildman–Crippen MR) is 112 cm³/mol. The van der Waals surface area contributed by atoms with Crippen molar-refractivity contribution in [2.75, 3.05) is 24.5 Å². The fourth-order valence-corrected chi connectivity index (χ4v) is 5.60. The maximum Gasteiger partial charge on any atom is 0.226 e. The molecule has 5 rings (SSSR count). The number of hydrogen-bond acceptors (Lipinski definition) is 6. The van der Waals surface area contributed by atoms with Crippen LogP contribution in [0.15, 0.2) is 12.3 Å². The van der Waals surface area contributed by atoms with E-state index >= 15 is 0 Å². The van der Waals surface area contributed by atoms with E-state index in [9.17, 15) is 4.79 Å². The fourth-order valence-electron chi connectivity index (χ4n) is 5.60. The minimum absolute atomic E-state index is 0.311. The highest BCUT2D eigenvalue weighted by Crippen LogP contribution is 2.48. The Hall–Kier alpha value is -2.28. The van der Waals surface area contributed by atoms with Crippen LogP contribution in [0.2, 0.25) is 0 Å². The number of aromatic nitrogens is 4. The van der Waals surface area contributed by atoms with Crippen molar-refractivity contribution < 1.29 is 4.79 Å². The molecule has 1 aliphatic heterocycles. The van der Waals surface area contributed by atoms with Crippen LogP contribution in [0.1, 0.15) is 56.7 Å². The summed E-state index contributed by atoms with van der Waals surface area (Å²) in [5.74, 6) is 1.19. The van der Waals surface area contributed by atoms with Crippen LogP contribution >= 0.6 is 0 Å². The van der Waals surface area contributed by atoms with Crippen molar-refractivity contribution in [2.24, 2.45) is 7.05 Å². The van der Waals surface area contributed by atoms with Gasteiger partial charge in [0.05, 0.1) is 16.8 Å². The Morgan fingerprint density at radius 3 is 2.97 bits per heavy atom. The molecule has 154 valence electrons. The molecule has 2 aliphatic carbocycles. The number of hydrogen-bond donors (Lipinski definition) is 1. The molecule has 2 fully saturated rings. The molecule has 1 saturated carbocycles. The zero-order valence-electron chi connectivity index (χ0n) is 17.4. The second kappa shape index (κ2) is 7.20. The van der Waals surface area contributed by atoms with Crippen LogP contribution in [0.5, 0.6) is 0 Å². The second-order valence-electron chi connectivity index (χ2n) is 8.85. The molecule has 0 aromatic carbocycles. The quantitative estimate of drug-likeness (QED) is 0.843. The van der Waals surface area contributed by atoms with E-state index in [1.807, 2.05) is 24.0 Å². The average molecular weight is 395 g/mol. The molecule has 29 heavy (non-hydrogen) atoms. The predicted octanol–water partition coefficient (Wildman–Crippen LogP) is 2.39. The molecule has 1 saturated heterocycles. The van der Waals surface area contributed by atoms with Gasteiger partial charge in [-0.15, -0.1) is 0 Å². The lowest BCUT2D eigenvalue weighted by atomic mass is 9.71. The number of nitrogens with one attached hydrogen (secondary N) is 1. The van der Waals surface area contributed by atoms with E-state index in [0.717, 1.165) is 81.2 Å². The summed E-state index contributed by atoms with van der Waals surface area (Å²) in [7, 11) is 1.99. The molecule has 7 heteroatoms. The van der Waals surface area contributed by atoms with Gasteiger partial charge < -0.3 is 10.2 Å². The zero-order valence-corrected chi connectivity index (χ0v) is 17.4. The first kappa shape index (κ1) is 18.7. The number of rotatable bonds is 2. The summed E-state index contributed by atoms with van der Waals surface area (Å²) in [6.45, 7) is 5.14. The molecule has 1 unspecified atom stereocenters. The van der Waals surface area contributed by atoms with E-state index in [1.165, 1.54) is 5.56 Å². The number of aryl methyl sites for hydroxylation is 1. The van der Waals surface area contributed by atoms with Crippen LogP contribution in [0.4, 0.5) is 5.95 Å². The van der Waals surface area contributed by atoms with E-state index in [1.54, 1.807) is 0 Å². The number of fused-ring (bicyclic) bond motifs is 2. The Morgan fingerprint density at radius 1 is 1.21 bits per heavy atom. The Morgan fingerprint density at radius 2 is 2.10 bits per heavy atom. The third kappa shape index (κ3) is 2.98. The van der Waals surface area contributed by atoms with E-state index < -0.39 is 0 Å². The summed E-state index contributed by atoms with van der Waals surface area (Å²) < 4.78 is 1.96. The Balaban J connectivity index is 1.54. The molecule has 3 heterocycles. The highest BCUT2D eigenvalue weighted by molar-refractivity contribution is 5.92. The van der Waals surface area contributed by atoms with Crippen LogP contribution in [0.25, 0.3) is 11.4 Å². The standard InChI is InChI=1S/C22H30N6O/c1-15-14-23-11-5-13-28(15)21-24-12-8-17(25-21)19-16-7-10-22(20(16)27(2)26-19)9-4-3-6-18(22)29/h8,12,15,23H,3-7,9-11,13-14H2,1-2H3/t15-,22?/m0/s1. The van der Waals surface area contributed by atoms with Gasteiger partial charge in [0.25, 0.3) is 0 Å². The first-order chi connectivity index (χ1) is 14.1. The number of carbonyl (C=O) groups excluding carboxylic acids is 1. The molecule has 0 radical (unpaired) electrons. The number of anilines is 1.